The van der Waals surface area contributed by atoms with Gasteiger partial charge in [-0.3, -0.25) is 0 Å². The van der Waals surface area contributed by atoms with Crippen molar-refractivity contribution in [1.29, 1.82) is 0 Å². The molecule has 1 aliphatic carbocycles. The molecule has 0 aliphatic heterocycles. The maximum absolute atomic E-state index is 13.7. The fourth-order valence-corrected chi connectivity index (χ4v) is 1.92. The van der Waals surface area contributed by atoms with E-state index >= 15 is 0 Å². The van der Waals surface area contributed by atoms with Gasteiger partial charge in [0.05, 0.1) is 6.10 Å². The molecule has 0 saturated heterocycles. The number of nitrogens with zero attached hydrogens (tertiary/aromatic N) is 2. The van der Waals surface area contributed by atoms with E-state index in [1.165, 1.54) is 19.1 Å². The molecule has 3 rings (SSSR count). The van der Waals surface area contributed by atoms with E-state index in [4.69, 9.17) is 9.26 Å². The van der Waals surface area contributed by atoms with Crippen molar-refractivity contribution >= 4 is 0 Å². The normalized spacial score (nSPS) is 16.1. The van der Waals surface area contributed by atoms with E-state index < -0.39 is 11.9 Å². The number of ether oxygens (including phenoxy) is 1. The second kappa shape index (κ2) is 5.20. The fraction of sp³-hybridized carbons (Fsp3) is 0.429. The highest BCUT2D eigenvalue weighted by atomic mass is 19.1. The molecule has 0 unspecified atom stereocenters. The first-order chi connectivity index (χ1) is 9.63. The average Bonchev–Trinajstić information content (AvgIpc) is 3.15. The van der Waals surface area contributed by atoms with E-state index in [9.17, 15) is 9.50 Å². The third kappa shape index (κ3) is 2.80. The van der Waals surface area contributed by atoms with Crippen LogP contribution in [-0.4, -0.2) is 15.2 Å². The van der Waals surface area contributed by atoms with Crippen LogP contribution in [0.2, 0.25) is 0 Å². The van der Waals surface area contributed by atoms with Gasteiger partial charge in [0.1, 0.15) is 11.6 Å². The number of rotatable bonds is 5. The summed E-state index contributed by atoms with van der Waals surface area (Å²) in [6.07, 6.45) is 1.36. The molecule has 0 amide bonds. The van der Waals surface area contributed by atoms with Crippen LogP contribution in [0.5, 0.6) is 5.75 Å². The van der Waals surface area contributed by atoms with Crippen LogP contribution in [0, 0.1) is 5.82 Å². The summed E-state index contributed by atoms with van der Waals surface area (Å²) in [7, 11) is 0. The van der Waals surface area contributed by atoms with Crippen molar-refractivity contribution in [2.24, 2.45) is 0 Å². The fourth-order valence-electron chi connectivity index (χ4n) is 1.92. The molecule has 1 aromatic carbocycles. The van der Waals surface area contributed by atoms with Crippen molar-refractivity contribution in [1.82, 2.24) is 10.1 Å². The molecule has 0 radical (unpaired) electrons. The minimum atomic E-state index is -0.846. The van der Waals surface area contributed by atoms with E-state index in [0.717, 1.165) is 18.7 Å². The van der Waals surface area contributed by atoms with Gasteiger partial charge in [-0.05, 0) is 31.9 Å². The molecule has 1 N–H and O–H groups in total. The third-order valence-corrected chi connectivity index (χ3v) is 3.21. The first kappa shape index (κ1) is 13.1. The lowest BCUT2D eigenvalue weighted by atomic mass is 10.1. The Hall–Kier alpha value is -1.95. The lowest BCUT2D eigenvalue weighted by molar-refractivity contribution is 0.193. The maximum atomic E-state index is 13.7. The number of halogens is 1. The van der Waals surface area contributed by atoms with Crippen molar-refractivity contribution < 1.29 is 18.8 Å². The molecule has 5 nitrogen and oxygen atoms in total. The SMILES string of the molecule is C[C@H](O)c1ccc(OCc2nc(C3CC3)no2)cc1F. The monoisotopic (exact) mass is 278 g/mol. The lowest BCUT2D eigenvalue weighted by Gasteiger charge is -2.08. The van der Waals surface area contributed by atoms with Gasteiger partial charge >= 0.3 is 0 Å². The molecule has 2 aromatic rings. The van der Waals surface area contributed by atoms with Gasteiger partial charge in [0.2, 0.25) is 0 Å². The van der Waals surface area contributed by atoms with Crippen LogP contribution in [0.3, 0.4) is 0 Å². The molecule has 1 fully saturated rings. The van der Waals surface area contributed by atoms with Gasteiger partial charge in [-0.15, -0.1) is 0 Å². The average molecular weight is 278 g/mol. The second-order valence-corrected chi connectivity index (χ2v) is 4.97. The van der Waals surface area contributed by atoms with Gasteiger partial charge in [0, 0.05) is 17.5 Å². The van der Waals surface area contributed by atoms with Gasteiger partial charge < -0.3 is 14.4 Å². The molecule has 20 heavy (non-hydrogen) atoms. The van der Waals surface area contributed by atoms with E-state index in [0.29, 0.717) is 17.6 Å². The van der Waals surface area contributed by atoms with Crippen molar-refractivity contribution in [3.8, 4) is 5.75 Å². The Bertz CT molecular complexity index is 608. The number of benzene rings is 1. The van der Waals surface area contributed by atoms with Crippen molar-refractivity contribution in [3.05, 3.63) is 41.3 Å². The van der Waals surface area contributed by atoms with E-state index in [1.54, 1.807) is 6.07 Å². The summed E-state index contributed by atoms with van der Waals surface area (Å²) >= 11 is 0. The first-order valence-electron chi connectivity index (χ1n) is 6.56. The van der Waals surface area contributed by atoms with Crippen LogP contribution in [0.4, 0.5) is 4.39 Å². The smallest absolute Gasteiger partial charge is 0.264 e. The zero-order valence-electron chi connectivity index (χ0n) is 11.0. The van der Waals surface area contributed by atoms with Crippen molar-refractivity contribution in [2.45, 2.75) is 38.4 Å². The summed E-state index contributed by atoms with van der Waals surface area (Å²) in [4.78, 5) is 4.22. The topological polar surface area (TPSA) is 68.4 Å². The molecular weight excluding hydrogens is 263 g/mol. The van der Waals surface area contributed by atoms with Gasteiger partial charge in [-0.1, -0.05) is 5.16 Å². The molecule has 1 atom stereocenters. The minimum absolute atomic E-state index is 0.104. The Kier molecular flexibility index (Phi) is 3.40. The molecule has 0 bridgehead atoms. The zero-order chi connectivity index (χ0) is 14.1. The van der Waals surface area contributed by atoms with Crippen LogP contribution in [0.15, 0.2) is 22.7 Å². The first-order valence-corrected chi connectivity index (χ1v) is 6.56. The Morgan fingerprint density at radius 2 is 2.30 bits per heavy atom. The highest BCUT2D eigenvalue weighted by Gasteiger charge is 2.28. The highest BCUT2D eigenvalue weighted by molar-refractivity contribution is 5.30. The number of hydrogen-bond donors (Lipinski definition) is 1. The van der Waals surface area contributed by atoms with E-state index in [-0.39, 0.29) is 12.2 Å². The molecule has 1 aromatic heterocycles. The maximum Gasteiger partial charge on any atom is 0.264 e. The summed E-state index contributed by atoms with van der Waals surface area (Å²) in [5.41, 5.74) is 0.242. The summed E-state index contributed by atoms with van der Waals surface area (Å²) in [6.45, 7) is 1.62. The quantitative estimate of drug-likeness (QED) is 0.910. The Morgan fingerprint density at radius 3 is 2.95 bits per heavy atom. The number of aliphatic hydroxyl groups excluding tert-OH is 1. The van der Waals surface area contributed by atoms with Crippen LogP contribution < -0.4 is 4.74 Å². The Labute approximate surface area is 115 Å². The van der Waals surface area contributed by atoms with Crippen LogP contribution in [-0.2, 0) is 6.61 Å². The molecule has 106 valence electrons. The van der Waals surface area contributed by atoms with Crippen LogP contribution in [0.25, 0.3) is 0 Å². The largest absolute Gasteiger partial charge is 0.484 e. The van der Waals surface area contributed by atoms with Gasteiger partial charge in [0.15, 0.2) is 12.4 Å². The summed E-state index contributed by atoms with van der Waals surface area (Å²) in [5.74, 6) is 1.39. The summed E-state index contributed by atoms with van der Waals surface area (Å²) < 4.78 is 24.1. The van der Waals surface area contributed by atoms with E-state index in [1.807, 2.05) is 0 Å². The predicted octanol–water partition coefficient (Wildman–Crippen LogP) is 2.72. The van der Waals surface area contributed by atoms with Crippen LogP contribution >= 0.6 is 0 Å². The summed E-state index contributed by atoms with van der Waals surface area (Å²) in [6, 6.07) is 4.34. The second-order valence-electron chi connectivity index (χ2n) is 4.97. The predicted molar refractivity (Wildman–Crippen MR) is 67.6 cm³/mol. The Morgan fingerprint density at radius 1 is 1.50 bits per heavy atom. The molecule has 6 heteroatoms. The molecular formula is C14H15FN2O3. The van der Waals surface area contributed by atoms with Gasteiger partial charge in [-0.25, -0.2) is 4.39 Å². The summed E-state index contributed by atoms with van der Waals surface area (Å²) in [5, 5.41) is 13.2. The van der Waals surface area contributed by atoms with Crippen LogP contribution in [0.1, 0.15) is 49.1 Å². The zero-order valence-corrected chi connectivity index (χ0v) is 11.0. The highest BCUT2D eigenvalue weighted by Crippen LogP contribution is 2.38. The Balaban J connectivity index is 1.63. The molecule has 1 saturated carbocycles. The molecule has 1 aliphatic rings. The van der Waals surface area contributed by atoms with Gasteiger partial charge in [-0.2, -0.15) is 4.98 Å². The van der Waals surface area contributed by atoms with Crippen molar-refractivity contribution in [2.75, 3.05) is 0 Å². The molecule has 1 heterocycles. The third-order valence-electron chi connectivity index (χ3n) is 3.21. The van der Waals surface area contributed by atoms with Crippen molar-refractivity contribution in [3.63, 3.8) is 0 Å². The number of hydrogen-bond acceptors (Lipinski definition) is 5. The lowest BCUT2D eigenvalue weighted by Crippen LogP contribution is -1.99. The van der Waals surface area contributed by atoms with E-state index in [2.05, 4.69) is 10.1 Å². The number of aliphatic hydroxyl groups is 1. The molecule has 0 spiro atoms. The number of aromatic nitrogens is 2. The minimum Gasteiger partial charge on any atom is -0.484 e. The van der Waals surface area contributed by atoms with Gasteiger partial charge in [0.25, 0.3) is 5.89 Å². The standard InChI is InChI=1S/C14H15FN2O3/c1-8(18)11-5-4-10(6-12(11)15)19-7-13-16-14(17-20-13)9-2-3-9/h4-6,8-9,18H,2-3,7H2,1H3/t8-/m0/s1.